The number of nitrogens with zero attached hydrogens (tertiary/aromatic N) is 1. The first kappa shape index (κ1) is 16.5. The van der Waals surface area contributed by atoms with Gasteiger partial charge in [-0.2, -0.15) is 0 Å². The van der Waals surface area contributed by atoms with Gasteiger partial charge in [-0.1, -0.05) is 41.9 Å². The molecule has 3 N–H and O–H groups in total. The van der Waals surface area contributed by atoms with Gasteiger partial charge in [0.2, 0.25) is 5.91 Å². The molecule has 1 atom stereocenters. The van der Waals surface area contributed by atoms with E-state index in [-0.39, 0.29) is 5.56 Å². The maximum absolute atomic E-state index is 12.0. The summed E-state index contributed by atoms with van der Waals surface area (Å²) in [5.41, 5.74) is 6.44. The fraction of sp³-hybridized carbons (Fsp3) is 0.200. The van der Waals surface area contributed by atoms with Gasteiger partial charge in [0.05, 0.1) is 10.6 Å². The summed E-state index contributed by atoms with van der Waals surface area (Å²) in [6, 6.07) is 11.1. The van der Waals surface area contributed by atoms with Crippen LogP contribution in [0, 0.1) is 0 Å². The van der Waals surface area contributed by atoms with Crippen LogP contribution in [0.4, 0.5) is 5.82 Å². The number of halogens is 1. The predicted octanol–water partition coefficient (Wildman–Crippen LogP) is 2.19. The highest BCUT2D eigenvalue weighted by Crippen LogP contribution is 2.19. The first-order chi connectivity index (χ1) is 10.6. The van der Waals surface area contributed by atoms with Gasteiger partial charge in [-0.15, -0.1) is 0 Å². The smallest absolute Gasteiger partial charge is 0.250 e. The van der Waals surface area contributed by atoms with E-state index in [1.54, 1.807) is 0 Å². The highest BCUT2D eigenvalue weighted by molar-refractivity contribution is 7.84. The van der Waals surface area contributed by atoms with Crippen LogP contribution in [0.25, 0.3) is 0 Å². The largest absolute Gasteiger partial charge is 0.368 e. The molecule has 7 heteroatoms. The minimum absolute atomic E-state index is 0.253. The molecular formula is C15H16ClN3O2S. The van der Waals surface area contributed by atoms with E-state index < -0.39 is 16.7 Å². The molecule has 22 heavy (non-hydrogen) atoms. The number of nitrogens with one attached hydrogen (secondary N) is 1. The molecule has 0 aliphatic heterocycles. The van der Waals surface area contributed by atoms with Crippen molar-refractivity contribution in [1.82, 2.24) is 4.98 Å². The van der Waals surface area contributed by atoms with Crippen molar-refractivity contribution < 1.29 is 9.00 Å². The number of carbonyl (C=O) groups excluding carboxylic acids is 1. The van der Waals surface area contributed by atoms with Crippen molar-refractivity contribution in [2.24, 2.45) is 5.73 Å². The van der Waals surface area contributed by atoms with E-state index in [4.69, 9.17) is 17.3 Å². The van der Waals surface area contributed by atoms with Gasteiger partial charge in [0.1, 0.15) is 5.82 Å². The second-order valence-electron chi connectivity index (χ2n) is 4.62. The van der Waals surface area contributed by atoms with Crippen molar-refractivity contribution in [3.8, 4) is 0 Å². The van der Waals surface area contributed by atoms with Crippen LogP contribution in [0.15, 0.2) is 42.6 Å². The van der Waals surface area contributed by atoms with E-state index in [0.29, 0.717) is 28.9 Å². The lowest BCUT2D eigenvalue weighted by molar-refractivity contribution is 0.1000. The number of benzene rings is 1. The monoisotopic (exact) mass is 337 g/mol. The van der Waals surface area contributed by atoms with E-state index in [9.17, 15) is 9.00 Å². The second kappa shape index (κ2) is 7.91. The summed E-state index contributed by atoms with van der Waals surface area (Å²) in [6.07, 6.45) is 1.36. The number of hydrogen-bond donors (Lipinski definition) is 2. The summed E-state index contributed by atoms with van der Waals surface area (Å²) in [7, 11) is -0.970. The molecule has 0 saturated heterocycles. The summed E-state index contributed by atoms with van der Waals surface area (Å²) < 4.78 is 12.0. The van der Waals surface area contributed by atoms with Gasteiger partial charge in [-0.25, -0.2) is 4.98 Å². The normalized spacial score (nSPS) is 11.9. The van der Waals surface area contributed by atoms with Crippen molar-refractivity contribution in [3.63, 3.8) is 0 Å². The fourth-order valence-corrected chi connectivity index (χ4v) is 3.09. The van der Waals surface area contributed by atoms with Crippen molar-refractivity contribution in [2.45, 2.75) is 5.75 Å². The molecule has 5 nitrogen and oxygen atoms in total. The average Bonchev–Trinajstić information content (AvgIpc) is 2.49. The molecule has 0 spiro atoms. The molecule has 0 bridgehead atoms. The third-order valence-corrected chi connectivity index (χ3v) is 4.52. The lowest BCUT2D eigenvalue weighted by Crippen LogP contribution is -2.15. The van der Waals surface area contributed by atoms with Gasteiger partial charge >= 0.3 is 0 Å². The first-order valence-corrected chi connectivity index (χ1v) is 8.51. The van der Waals surface area contributed by atoms with E-state index in [1.807, 2.05) is 30.3 Å². The summed E-state index contributed by atoms with van der Waals surface area (Å²) in [5.74, 6) is 0.864. The fourth-order valence-electron chi connectivity index (χ4n) is 1.82. The van der Waals surface area contributed by atoms with Crippen LogP contribution in [-0.2, 0) is 16.6 Å². The first-order valence-electron chi connectivity index (χ1n) is 6.64. The van der Waals surface area contributed by atoms with Gasteiger partial charge in [0.25, 0.3) is 0 Å². The van der Waals surface area contributed by atoms with Crippen LogP contribution in [0.2, 0.25) is 5.02 Å². The molecule has 1 heterocycles. The number of carbonyl (C=O) groups is 1. The minimum Gasteiger partial charge on any atom is -0.368 e. The van der Waals surface area contributed by atoms with Crippen molar-refractivity contribution >= 4 is 34.1 Å². The molecule has 1 aromatic carbocycles. The number of anilines is 1. The molecule has 2 rings (SSSR count). The highest BCUT2D eigenvalue weighted by atomic mass is 35.5. The SMILES string of the molecule is NC(=O)c1cnc(NCC[S@@](=O)Cc2ccccc2)c(Cl)c1. The Morgan fingerprint density at radius 2 is 2.05 bits per heavy atom. The van der Waals surface area contributed by atoms with E-state index in [0.717, 1.165) is 5.56 Å². The topological polar surface area (TPSA) is 85.1 Å². The number of aromatic nitrogens is 1. The quantitative estimate of drug-likeness (QED) is 0.811. The number of amides is 1. The Labute approximate surface area is 136 Å². The summed E-state index contributed by atoms with van der Waals surface area (Å²) in [4.78, 5) is 15.0. The Bertz CT molecular complexity index is 680. The molecule has 1 aromatic heterocycles. The van der Waals surface area contributed by atoms with Crippen molar-refractivity contribution in [2.75, 3.05) is 17.6 Å². The van der Waals surface area contributed by atoms with Gasteiger partial charge in [0.15, 0.2) is 0 Å². The Hall–Kier alpha value is -1.92. The number of primary amides is 1. The van der Waals surface area contributed by atoms with Crippen LogP contribution < -0.4 is 11.1 Å². The molecule has 0 aliphatic carbocycles. The molecule has 116 valence electrons. The Kier molecular flexibility index (Phi) is 5.91. The van der Waals surface area contributed by atoms with Gasteiger partial charge < -0.3 is 11.1 Å². The number of rotatable bonds is 7. The number of nitrogens with two attached hydrogens (primary N) is 1. The lowest BCUT2D eigenvalue weighted by Gasteiger charge is -2.08. The minimum atomic E-state index is -0.970. The molecule has 0 unspecified atom stereocenters. The molecule has 0 aliphatic rings. The van der Waals surface area contributed by atoms with Crippen LogP contribution >= 0.6 is 11.6 Å². The summed E-state index contributed by atoms with van der Waals surface area (Å²) >= 11 is 6.01. The number of pyridine rings is 1. The van der Waals surface area contributed by atoms with Gasteiger partial charge in [-0.3, -0.25) is 9.00 Å². The van der Waals surface area contributed by atoms with E-state index in [2.05, 4.69) is 10.3 Å². The zero-order valence-electron chi connectivity index (χ0n) is 11.8. The van der Waals surface area contributed by atoms with Crippen LogP contribution in [-0.4, -0.2) is 27.4 Å². The van der Waals surface area contributed by atoms with E-state index >= 15 is 0 Å². The van der Waals surface area contributed by atoms with Crippen LogP contribution in [0.3, 0.4) is 0 Å². The standard InChI is InChI=1S/C15H16ClN3O2S/c16-13-8-12(14(17)20)9-19-15(13)18-6-7-22(21)10-11-4-2-1-3-5-11/h1-5,8-9H,6-7,10H2,(H2,17,20)(H,18,19)/t22-/m1/s1. The Morgan fingerprint density at radius 3 is 2.68 bits per heavy atom. The summed E-state index contributed by atoms with van der Waals surface area (Å²) in [5, 5.41) is 3.32. The summed E-state index contributed by atoms with van der Waals surface area (Å²) in [6.45, 7) is 0.474. The molecule has 0 fully saturated rings. The third-order valence-electron chi connectivity index (χ3n) is 2.92. The predicted molar refractivity (Wildman–Crippen MR) is 89.4 cm³/mol. The van der Waals surface area contributed by atoms with Gasteiger partial charge in [0, 0.05) is 35.0 Å². The second-order valence-corrected chi connectivity index (χ2v) is 6.60. The highest BCUT2D eigenvalue weighted by Gasteiger charge is 2.07. The Balaban J connectivity index is 1.83. The van der Waals surface area contributed by atoms with Crippen molar-refractivity contribution in [1.29, 1.82) is 0 Å². The number of hydrogen-bond acceptors (Lipinski definition) is 4. The zero-order chi connectivity index (χ0) is 15.9. The van der Waals surface area contributed by atoms with Gasteiger partial charge in [-0.05, 0) is 11.6 Å². The Morgan fingerprint density at radius 1 is 1.32 bits per heavy atom. The molecule has 1 amide bonds. The van der Waals surface area contributed by atoms with E-state index in [1.165, 1.54) is 12.3 Å². The molecular weight excluding hydrogens is 322 g/mol. The molecule has 0 radical (unpaired) electrons. The van der Waals surface area contributed by atoms with Crippen LogP contribution in [0.5, 0.6) is 0 Å². The maximum atomic E-state index is 12.0. The molecule has 0 saturated carbocycles. The average molecular weight is 338 g/mol. The third kappa shape index (κ3) is 4.82. The maximum Gasteiger partial charge on any atom is 0.250 e. The van der Waals surface area contributed by atoms with Crippen molar-refractivity contribution in [3.05, 3.63) is 58.7 Å². The molecule has 2 aromatic rings. The zero-order valence-corrected chi connectivity index (χ0v) is 13.4. The van der Waals surface area contributed by atoms with Crippen LogP contribution in [0.1, 0.15) is 15.9 Å². The lowest BCUT2D eigenvalue weighted by atomic mass is 10.2.